The number of amides is 1. The molecule has 0 aromatic carbocycles. The first-order chi connectivity index (χ1) is 9.29. The van der Waals surface area contributed by atoms with Crippen LogP contribution in [0.2, 0.25) is 0 Å². The van der Waals surface area contributed by atoms with E-state index in [1.165, 1.54) is 0 Å². The lowest BCUT2D eigenvalue weighted by Crippen LogP contribution is -2.52. The first-order valence-corrected chi connectivity index (χ1v) is 7.40. The topological polar surface area (TPSA) is 46.3 Å². The lowest BCUT2D eigenvalue weighted by Gasteiger charge is -2.40. The van der Waals surface area contributed by atoms with Gasteiger partial charge in [-0.25, -0.2) is 0 Å². The molecule has 2 fully saturated rings. The highest BCUT2D eigenvalue weighted by Gasteiger charge is 2.49. The van der Waals surface area contributed by atoms with Crippen LogP contribution in [0.25, 0.3) is 0 Å². The van der Waals surface area contributed by atoms with Gasteiger partial charge in [-0.05, 0) is 25.2 Å². The molecule has 116 valence electrons. The molecule has 1 aliphatic heterocycles. The molecule has 4 atom stereocenters. The Hall–Kier alpha value is -0.780. The molecule has 0 radical (unpaired) electrons. The van der Waals surface area contributed by atoms with Gasteiger partial charge in [0.25, 0.3) is 0 Å². The van der Waals surface area contributed by atoms with Gasteiger partial charge in [0.05, 0.1) is 5.92 Å². The van der Waals surface area contributed by atoms with Crippen LogP contribution in [0.3, 0.4) is 0 Å². The maximum Gasteiger partial charge on any atom is 0.392 e. The second-order valence-corrected chi connectivity index (χ2v) is 6.38. The minimum atomic E-state index is -4.27. The molecule has 20 heavy (non-hydrogen) atoms. The van der Waals surface area contributed by atoms with Crippen LogP contribution in [0, 0.1) is 17.8 Å². The molecule has 0 aromatic heterocycles. The molecule has 3 nitrogen and oxygen atoms in total. The summed E-state index contributed by atoms with van der Waals surface area (Å²) in [6, 6.07) is -0.115. The molecule has 0 spiro atoms. The van der Waals surface area contributed by atoms with Crippen LogP contribution in [0.5, 0.6) is 0 Å². The molecular formula is C14H23F3N2O. The Kier molecular flexibility index (Phi) is 4.62. The molecular weight excluding hydrogens is 269 g/mol. The van der Waals surface area contributed by atoms with Gasteiger partial charge in [0.15, 0.2) is 0 Å². The first kappa shape index (κ1) is 15.6. The van der Waals surface area contributed by atoms with Gasteiger partial charge in [-0.2, -0.15) is 13.2 Å². The summed E-state index contributed by atoms with van der Waals surface area (Å²) in [5.74, 6) is -2.46. The average molecular weight is 292 g/mol. The van der Waals surface area contributed by atoms with E-state index in [1.807, 2.05) is 6.92 Å². The molecule has 0 bridgehead atoms. The Morgan fingerprint density at radius 3 is 2.45 bits per heavy atom. The fourth-order valence-electron chi connectivity index (χ4n) is 3.63. The van der Waals surface area contributed by atoms with Crippen molar-refractivity contribution in [3.05, 3.63) is 0 Å². The first-order valence-electron chi connectivity index (χ1n) is 7.40. The van der Waals surface area contributed by atoms with Crippen molar-refractivity contribution < 1.29 is 18.0 Å². The number of alkyl halides is 3. The Balaban J connectivity index is 2.09. The quantitative estimate of drug-likeness (QED) is 0.807. The van der Waals surface area contributed by atoms with Crippen LogP contribution in [0.15, 0.2) is 0 Å². The van der Waals surface area contributed by atoms with Crippen LogP contribution >= 0.6 is 0 Å². The van der Waals surface area contributed by atoms with Crippen molar-refractivity contribution in [1.82, 2.24) is 4.90 Å². The molecule has 4 unspecified atom stereocenters. The number of nitrogens with two attached hydrogens (primary N) is 1. The van der Waals surface area contributed by atoms with Crippen LogP contribution in [0.1, 0.15) is 39.0 Å². The summed E-state index contributed by atoms with van der Waals surface area (Å²) in [5.41, 5.74) is 5.89. The summed E-state index contributed by atoms with van der Waals surface area (Å²) < 4.78 is 39.2. The molecule has 2 rings (SSSR count). The Bertz CT molecular complexity index is 349. The van der Waals surface area contributed by atoms with Gasteiger partial charge >= 0.3 is 6.18 Å². The SMILES string of the molecule is CC1CC(N)CN(C(=O)C2CCCCC2C(F)(F)F)C1. The Morgan fingerprint density at radius 1 is 1.20 bits per heavy atom. The summed E-state index contributed by atoms with van der Waals surface area (Å²) in [4.78, 5) is 14.0. The number of carbonyl (C=O) groups is 1. The lowest BCUT2D eigenvalue weighted by molar-refractivity contribution is -0.201. The van der Waals surface area contributed by atoms with E-state index in [4.69, 9.17) is 5.73 Å². The van der Waals surface area contributed by atoms with Crippen LogP contribution in [-0.2, 0) is 4.79 Å². The molecule has 2 aliphatic rings. The fourth-order valence-corrected chi connectivity index (χ4v) is 3.63. The maximum atomic E-state index is 13.1. The third-order valence-corrected chi connectivity index (χ3v) is 4.51. The van der Waals surface area contributed by atoms with E-state index >= 15 is 0 Å². The number of hydrogen-bond donors (Lipinski definition) is 1. The van der Waals surface area contributed by atoms with E-state index in [1.54, 1.807) is 4.90 Å². The Morgan fingerprint density at radius 2 is 1.85 bits per heavy atom. The van der Waals surface area contributed by atoms with Gasteiger partial charge in [0, 0.05) is 25.0 Å². The highest BCUT2D eigenvalue weighted by molar-refractivity contribution is 5.79. The minimum Gasteiger partial charge on any atom is -0.341 e. The smallest absolute Gasteiger partial charge is 0.341 e. The summed E-state index contributed by atoms with van der Waals surface area (Å²) >= 11 is 0. The maximum absolute atomic E-state index is 13.1. The molecule has 1 saturated heterocycles. The van der Waals surface area contributed by atoms with E-state index in [9.17, 15) is 18.0 Å². The summed E-state index contributed by atoms with van der Waals surface area (Å²) in [5, 5.41) is 0. The zero-order valence-electron chi connectivity index (χ0n) is 11.8. The van der Waals surface area contributed by atoms with Crippen molar-refractivity contribution in [1.29, 1.82) is 0 Å². The van der Waals surface area contributed by atoms with E-state index < -0.39 is 18.0 Å². The molecule has 6 heteroatoms. The van der Waals surface area contributed by atoms with Crippen LogP contribution in [0.4, 0.5) is 13.2 Å². The molecule has 1 amide bonds. The normalized spacial score (nSPS) is 36.0. The van der Waals surface area contributed by atoms with Gasteiger partial charge < -0.3 is 10.6 Å². The summed E-state index contributed by atoms with van der Waals surface area (Å²) in [7, 11) is 0. The fraction of sp³-hybridized carbons (Fsp3) is 0.929. The Labute approximate surface area is 117 Å². The lowest BCUT2D eigenvalue weighted by atomic mass is 9.77. The number of likely N-dealkylation sites (tertiary alicyclic amines) is 1. The summed E-state index contributed by atoms with van der Waals surface area (Å²) in [6.45, 7) is 2.92. The predicted octanol–water partition coefficient (Wildman–Crippen LogP) is 2.55. The number of nitrogens with zero attached hydrogens (tertiary/aromatic N) is 1. The van der Waals surface area contributed by atoms with Crippen molar-refractivity contribution in [3.8, 4) is 0 Å². The molecule has 0 aromatic rings. The molecule has 1 aliphatic carbocycles. The third kappa shape index (κ3) is 3.45. The summed E-state index contributed by atoms with van der Waals surface area (Å²) in [6.07, 6.45) is -1.75. The monoisotopic (exact) mass is 292 g/mol. The second-order valence-electron chi connectivity index (χ2n) is 6.38. The van der Waals surface area contributed by atoms with Crippen molar-refractivity contribution in [2.24, 2.45) is 23.5 Å². The average Bonchev–Trinajstić information content (AvgIpc) is 2.35. The second kappa shape index (κ2) is 5.92. The highest BCUT2D eigenvalue weighted by atomic mass is 19.4. The van der Waals surface area contributed by atoms with Crippen molar-refractivity contribution in [3.63, 3.8) is 0 Å². The van der Waals surface area contributed by atoms with Crippen LogP contribution in [-0.4, -0.2) is 36.1 Å². The zero-order valence-corrected chi connectivity index (χ0v) is 11.8. The number of piperidine rings is 1. The van der Waals surface area contributed by atoms with Crippen molar-refractivity contribution in [2.75, 3.05) is 13.1 Å². The largest absolute Gasteiger partial charge is 0.392 e. The standard InChI is InChI=1S/C14H23F3N2O/c1-9-6-10(18)8-19(7-9)13(20)11-4-2-3-5-12(11)14(15,16)17/h9-12H,2-8,18H2,1H3. The van der Waals surface area contributed by atoms with Crippen molar-refractivity contribution in [2.45, 2.75) is 51.2 Å². The number of halogens is 3. The molecule has 1 heterocycles. The predicted molar refractivity (Wildman–Crippen MR) is 69.8 cm³/mol. The van der Waals surface area contributed by atoms with Gasteiger partial charge in [0.2, 0.25) is 5.91 Å². The third-order valence-electron chi connectivity index (χ3n) is 4.51. The van der Waals surface area contributed by atoms with E-state index in [-0.39, 0.29) is 24.3 Å². The zero-order chi connectivity index (χ0) is 14.9. The van der Waals surface area contributed by atoms with Gasteiger partial charge in [-0.1, -0.05) is 19.8 Å². The van der Waals surface area contributed by atoms with E-state index in [2.05, 4.69) is 0 Å². The van der Waals surface area contributed by atoms with Gasteiger partial charge in [-0.3, -0.25) is 4.79 Å². The van der Waals surface area contributed by atoms with E-state index in [0.29, 0.717) is 32.4 Å². The number of rotatable bonds is 1. The molecule has 1 saturated carbocycles. The van der Waals surface area contributed by atoms with Crippen molar-refractivity contribution >= 4 is 5.91 Å². The van der Waals surface area contributed by atoms with Crippen LogP contribution < -0.4 is 5.73 Å². The molecule has 2 N–H and O–H groups in total. The number of carbonyl (C=O) groups excluding carboxylic acids is 1. The number of hydrogen-bond acceptors (Lipinski definition) is 2. The minimum absolute atomic E-state index is 0.0787. The van der Waals surface area contributed by atoms with E-state index in [0.717, 1.165) is 6.42 Å². The van der Waals surface area contributed by atoms with Gasteiger partial charge in [-0.15, -0.1) is 0 Å². The van der Waals surface area contributed by atoms with Gasteiger partial charge in [0.1, 0.15) is 0 Å². The highest BCUT2D eigenvalue weighted by Crippen LogP contribution is 2.42.